The smallest absolute Gasteiger partial charge is 0.269 e. The highest BCUT2D eigenvalue weighted by molar-refractivity contribution is 7.89. The summed E-state index contributed by atoms with van der Waals surface area (Å²) in [6.07, 6.45) is 2.63. The number of nitro groups is 1. The molecule has 1 spiro atoms. The molecule has 1 unspecified atom stereocenters. The minimum absolute atomic E-state index is 0.0414. The summed E-state index contributed by atoms with van der Waals surface area (Å²) in [5, 5.41) is 14.0. The number of sulfonamides is 1. The quantitative estimate of drug-likeness (QED) is 0.616. The summed E-state index contributed by atoms with van der Waals surface area (Å²) in [6, 6.07) is 4.74. The second-order valence-electron chi connectivity index (χ2n) is 6.52. The first-order valence-corrected chi connectivity index (χ1v) is 9.44. The fraction of sp³-hybridized carbons (Fsp3) is 0.600. The Bertz CT molecular complexity index is 693. The van der Waals surface area contributed by atoms with Crippen molar-refractivity contribution in [1.82, 2.24) is 10.0 Å². The van der Waals surface area contributed by atoms with Gasteiger partial charge in [-0.1, -0.05) is 0 Å². The summed E-state index contributed by atoms with van der Waals surface area (Å²) in [5.41, 5.74) is -0.0476. The molecule has 0 amide bonds. The van der Waals surface area contributed by atoms with Crippen molar-refractivity contribution in [3.8, 4) is 0 Å². The van der Waals surface area contributed by atoms with Gasteiger partial charge < -0.3 is 10.1 Å². The molecule has 2 aliphatic rings. The standard InChI is InChI=1S/C15H21N3O5S/c19-18(20)13-1-3-14(4-2-13)24(21,22)17-12-9-15(11-16-10-12)5-7-23-8-6-15/h1-4,12,16-17H,5-11H2. The van der Waals surface area contributed by atoms with E-state index in [2.05, 4.69) is 10.0 Å². The highest BCUT2D eigenvalue weighted by Crippen LogP contribution is 2.36. The lowest BCUT2D eigenvalue weighted by molar-refractivity contribution is -0.384. The van der Waals surface area contributed by atoms with Crippen LogP contribution in [0.15, 0.2) is 29.2 Å². The molecule has 24 heavy (non-hydrogen) atoms. The second kappa shape index (κ2) is 6.75. The Labute approximate surface area is 140 Å². The zero-order valence-electron chi connectivity index (χ0n) is 13.2. The van der Waals surface area contributed by atoms with Crippen molar-refractivity contribution >= 4 is 15.7 Å². The molecule has 3 rings (SSSR count). The van der Waals surface area contributed by atoms with Crippen LogP contribution in [0.3, 0.4) is 0 Å². The Kier molecular flexibility index (Phi) is 4.86. The number of nitrogens with zero attached hydrogens (tertiary/aromatic N) is 1. The first-order chi connectivity index (χ1) is 11.4. The lowest BCUT2D eigenvalue weighted by Crippen LogP contribution is -2.54. The summed E-state index contributed by atoms with van der Waals surface area (Å²) in [7, 11) is -3.70. The molecule has 0 bridgehead atoms. The molecule has 9 heteroatoms. The van der Waals surface area contributed by atoms with Crippen LogP contribution in [0.5, 0.6) is 0 Å². The van der Waals surface area contributed by atoms with Gasteiger partial charge in [-0.25, -0.2) is 13.1 Å². The molecule has 2 fully saturated rings. The third-order valence-corrected chi connectivity index (χ3v) is 6.34. The third-order valence-electron chi connectivity index (χ3n) is 4.80. The van der Waals surface area contributed by atoms with Crippen LogP contribution < -0.4 is 10.0 Å². The van der Waals surface area contributed by atoms with Crippen LogP contribution in [0.1, 0.15) is 19.3 Å². The largest absolute Gasteiger partial charge is 0.381 e. The van der Waals surface area contributed by atoms with Crippen LogP contribution >= 0.6 is 0 Å². The number of ether oxygens (including phenoxy) is 1. The fourth-order valence-electron chi connectivity index (χ4n) is 3.48. The second-order valence-corrected chi connectivity index (χ2v) is 8.23. The molecule has 2 heterocycles. The number of nitrogens with one attached hydrogen (secondary N) is 2. The van der Waals surface area contributed by atoms with Gasteiger partial charge >= 0.3 is 0 Å². The van der Waals surface area contributed by atoms with E-state index in [0.29, 0.717) is 19.8 Å². The van der Waals surface area contributed by atoms with Crippen LogP contribution in [0.2, 0.25) is 0 Å². The number of non-ortho nitro benzene ring substituents is 1. The zero-order chi connectivity index (χ0) is 17.2. The Balaban J connectivity index is 1.70. The number of benzene rings is 1. The minimum atomic E-state index is -3.70. The molecular formula is C15H21N3O5S. The Morgan fingerprint density at radius 2 is 1.92 bits per heavy atom. The summed E-state index contributed by atoms with van der Waals surface area (Å²) < 4.78 is 33.2. The summed E-state index contributed by atoms with van der Waals surface area (Å²) in [5.74, 6) is 0. The van der Waals surface area contributed by atoms with E-state index in [9.17, 15) is 18.5 Å². The predicted molar refractivity (Wildman–Crippen MR) is 87.2 cm³/mol. The van der Waals surface area contributed by atoms with Gasteiger partial charge in [0.05, 0.1) is 9.82 Å². The van der Waals surface area contributed by atoms with Crippen molar-refractivity contribution in [2.45, 2.75) is 30.2 Å². The fourth-order valence-corrected chi connectivity index (χ4v) is 4.72. The van der Waals surface area contributed by atoms with E-state index in [1.54, 1.807) is 0 Å². The zero-order valence-corrected chi connectivity index (χ0v) is 14.0. The monoisotopic (exact) mass is 355 g/mol. The van der Waals surface area contributed by atoms with E-state index < -0.39 is 14.9 Å². The highest BCUT2D eigenvalue weighted by atomic mass is 32.2. The maximum Gasteiger partial charge on any atom is 0.269 e. The van der Waals surface area contributed by atoms with E-state index in [1.165, 1.54) is 24.3 Å². The van der Waals surface area contributed by atoms with Crippen LogP contribution in [-0.2, 0) is 14.8 Å². The lowest BCUT2D eigenvalue weighted by Gasteiger charge is -2.43. The maximum atomic E-state index is 12.5. The normalized spacial score (nSPS) is 23.9. The number of rotatable bonds is 4. The van der Waals surface area contributed by atoms with Crippen LogP contribution in [0.4, 0.5) is 5.69 Å². The Hall–Kier alpha value is -1.55. The lowest BCUT2D eigenvalue weighted by atomic mass is 9.73. The highest BCUT2D eigenvalue weighted by Gasteiger charge is 2.39. The third kappa shape index (κ3) is 3.75. The summed E-state index contributed by atoms with van der Waals surface area (Å²) >= 11 is 0. The molecule has 1 atom stereocenters. The minimum Gasteiger partial charge on any atom is -0.381 e. The molecule has 1 aromatic carbocycles. The molecule has 0 saturated carbocycles. The van der Waals surface area contributed by atoms with Crippen LogP contribution in [0.25, 0.3) is 0 Å². The van der Waals surface area contributed by atoms with E-state index in [-0.39, 0.29) is 22.0 Å². The average molecular weight is 355 g/mol. The molecule has 2 aliphatic heterocycles. The number of piperidine rings is 1. The average Bonchev–Trinajstić information content (AvgIpc) is 2.55. The Morgan fingerprint density at radius 3 is 2.54 bits per heavy atom. The molecule has 0 radical (unpaired) electrons. The molecule has 1 aromatic rings. The van der Waals surface area contributed by atoms with Crippen molar-refractivity contribution in [2.75, 3.05) is 26.3 Å². The maximum absolute atomic E-state index is 12.5. The molecule has 0 aromatic heterocycles. The van der Waals surface area contributed by atoms with Gasteiger partial charge in [0, 0.05) is 44.5 Å². The van der Waals surface area contributed by atoms with Gasteiger partial charge in [-0.05, 0) is 36.8 Å². The van der Waals surface area contributed by atoms with Crippen molar-refractivity contribution in [3.05, 3.63) is 34.4 Å². The molecular weight excluding hydrogens is 334 g/mol. The van der Waals surface area contributed by atoms with Gasteiger partial charge in [0.1, 0.15) is 0 Å². The van der Waals surface area contributed by atoms with Crippen molar-refractivity contribution in [3.63, 3.8) is 0 Å². The molecule has 132 valence electrons. The van der Waals surface area contributed by atoms with E-state index in [0.717, 1.165) is 25.8 Å². The number of hydrogen-bond acceptors (Lipinski definition) is 6. The van der Waals surface area contributed by atoms with Crippen molar-refractivity contribution < 1.29 is 18.1 Å². The van der Waals surface area contributed by atoms with E-state index >= 15 is 0 Å². The summed E-state index contributed by atoms with van der Waals surface area (Å²) in [6.45, 7) is 2.88. The SMILES string of the molecule is O=[N+]([O-])c1ccc(S(=O)(=O)NC2CNCC3(CCOCC3)C2)cc1. The van der Waals surface area contributed by atoms with Gasteiger partial charge in [-0.2, -0.15) is 0 Å². The van der Waals surface area contributed by atoms with E-state index in [4.69, 9.17) is 4.74 Å². The topological polar surface area (TPSA) is 111 Å². The van der Waals surface area contributed by atoms with Gasteiger partial charge in [-0.15, -0.1) is 0 Å². The van der Waals surface area contributed by atoms with Crippen molar-refractivity contribution in [1.29, 1.82) is 0 Å². The van der Waals surface area contributed by atoms with Gasteiger partial charge in [-0.3, -0.25) is 10.1 Å². The van der Waals surface area contributed by atoms with Gasteiger partial charge in [0.15, 0.2) is 0 Å². The van der Waals surface area contributed by atoms with Crippen LogP contribution in [0, 0.1) is 15.5 Å². The first-order valence-electron chi connectivity index (χ1n) is 7.96. The van der Waals surface area contributed by atoms with Crippen molar-refractivity contribution in [2.24, 2.45) is 5.41 Å². The molecule has 2 N–H and O–H groups in total. The number of hydrogen-bond donors (Lipinski definition) is 2. The predicted octanol–water partition coefficient (Wildman–Crippen LogP) is 1.03. The molecule has 2 saturated heterocycles. The first kappa shape index (κ1) is 17.3. The molecule has 8 nitrogen and oxygen atoms in total. The van der Waals surface area contributed by atoms with Gasteiger partial charge in [0.2, 0.25) is 10.0 Å². The van der Waals surface area contributed by atoms with Crippen LogP contribution in [-0.4, -0.2) is 45.7 Å². The molecule has 0 aliphatic carbocycles. The summed E-state index contributed by atoms with van der Waals surface area (Å²) in [4.78, 5) is 10.2. The number of nitro benzene ring substituents is 1. The van der Waals surface area contributed by atoms with E-state index in [1.807, 2.05) is 0 Å². The Morgan fingerprint density at radius 1 is 1.25 bits per heavy atom. The van der Waals surface area contributed by atoms with Gasteiger partial charge in [0.25, 0.3) is 5.69 Å².